The molecule has 33 heavy (non-hydrogen) atoms. The predicted molar refractivity (Wildman–Crippen MR) is 122 cm³/mol. The van der Waals surface area contributed by atoms with Crippen LogP contribution in [-0.2, 0) is 40.4 Å². The largest absolute Gasteiger partial charge is 0.469 e. The predicted octanol–water partition coefficient (Wildman–Crippen LogP) is 2.10. The van der Waals surface area contributed by atoms with Gasteiger partial charge < -0.3 is 15.4 Å². The van der Waals surface area contributed by atoms with Gasteiger partial charge in [0.1, 0.15) is 0 Å². The molecule has 2 amide bonds. The Morgan fingerprint density at radius 2 is 1.94 bits per heavy atom. The summed E-state index contributed by atoms with van der Waals surface area (Å²) >= 11 is 0. The summed E-state index contributed by atoms with van der Waals surface area (Å²) < 4.78 is 6.67. The molecular weight excluding hydrogens is 422 g/mol. The zero-order valence-corrected chi connectivity index (χ0v) is 19.2. The first-order valence-corrected chi connectivity index (χ1v) is 11.5. The number of benzene rings is 1. The molecule has 2 heterocycles. The number of hydrogen-bond acceptors (Lipinski definition) is 6. The number of rotatable bonds is 9. The Morgan fingerprint density at radius 1 is 1.18 bits per heavy atom. The Bertz CT molecular complexity index is 1030. The number of aromatic nitrogens is 2. The number of amides is 2. The third-order valence-electron chi connectivity index (χ3n) is 6.08. The molecule has 9 nitrogen and oxygen atoms in total. The van der Waals surface area contributed by atoms with Gasteiger partial charge in [0.15, 0.2) is 5.69 Å². The van der Waals surface area contributed by atoms with Gasteiger partial charge in [-0.3, -0.25) is 24.0 Å². The van der Waals surface area contributed by atoms with Crippen molar-refractivity contribution in [2.24, 2.45) is 5.92 Å². The highest BCUT2D eigenvalue weighted by Gasteiger charge is 2.31. The number of carbonyl (C=O) groups excluding carboxylic acids is 3. The highest BCUT2D eigenvalue weighted by molar-refractivity contribution is 5.94. The van der Waals surface area contributed by atoms with E-state index in [2.05, 4.69) is 20.3 Å². The topological polar surface area (TPSA) is 106 Å². The van der Waals surface area contributed by atoms with Gasteiger partial charge in [-0.25, -0.2) is 0 Å². The van der Waals surface area contributed by atoms with Gasteiger partial charge in [0.25, 0.3) is 5.91 Å². The monoisotopic (exact) mass is 453 g/mol. The van der Waals surface area contributed by atoms with Crippen molar-refractivity contribution in [3.63, 3.8) is 0 Å². The molecule has 0 spiro atoms. The van der Waals surface area contributed by atoms with Crippen LogP contribution in [0, 0.1) is 5.92 Å². The maximum Gasteiger partial charge on any atom is 0.307 e. The third kappa shape index (κ3) is 5.98. The first kappa shape index (κ1) is 23.0. The summed E-state index contributed by atoms with van der Waals surface area (Å²) in [4.78, 5) is 37.8. The molecule has 0 saturated heterocycles. The van der Waals surface area contributed by atoms with Gasteiger partial charge >= 0.3 is 5.97 Å². The van der Waals surface area contributed by atoms with Gasteiger partial charge in [-0.1, -0.05) is 12.1 Å². The third-order valence-corrected chi connectivity index (χ3v) is 6.08. The Kier molecular flexibility index (Phi) is 7.08. The molecular formula is C24H31N5O4. The average molecular weight is 454 g/mol. The van der Waals surface area contributed by atoms with Gasteiger partial charge in [-0.15, -0.1) is 0 Å². The van der Waals surface area contributed by atoms with Crippen LogP contribution in [0.4, 0.5) is 5.69 Å². The molecule has 9 heteroatoms. The normalized spacial score (nSPS) is 15.6. The van der Waals surface area contributed by atoms with E-state index in [0.717, 1.165) is 48.6 Å². The van der Waals surface area contributed by atoms with E-state index >= 15 is 0 Å². The van der Waals surface area contributed by atoms with Crippen molar-refractivity contribution >= 4 is 23.5 Å². The number of esters is 1. The first-order valence-electron chi connectivity index (χ1n) is 11.5. The fourth-order valence-corrected chi connectivity index (χ4v) is 4.18. The van der Waals surface area contributed by atoms with Crippen LogP contribution >= 0.6 is 0 Å². The number of anilines is 1. The van der Waals surface area contributed by atoms with E-state index in [9.17, 15) is 14.4 Å². The number of carbonyl (C=O) groups is 3. The van der Waals surface area contributed by atoms with Crippen LogP contribution < -0.4 is 10.6 Å². The highest BCUT2D eigenvalue weighted by Crippen LogP contribution is 2.33. The van der Waals surface area contributed by atoms with Gasteiger partial charge in [0, 0.05) is 63.0 Å². The van der Waals surface area contributed by atoms with Gasteiger partial charge in [0.05, 0.1) is 13.5 Å². The summed E-state index contributed by atoms with van der Waals surface area (Å²) in [5.41, 5.74) is 4.51. The van der Waals surface area contributed by atoms with Crippen molar-refractivity contribution in [1.29, 1.82) is 0 Å². The molecule has 1 aromatic heterocycles. The number of fused-ring (bicyclic) bond motifs is 1. The van der Waals surface area contributed by atoms with Crippen LogP contribution in [0.15, 0.2) is 24.3 Å². The molecule has 0 unspecified atom stereocenters. The molecule has 1 fully saturated rings. The second-order valence-corrected chi connectivity index (χ2v) is 8.82. The zero-order valence-electron chi connectivity index (χ0n) is 19.2. The van der Waals surface area contributed by atoms with E-state index in [1.54, 1.807) is 0 Å². The second-order valence-electron chi connectivity index (χ2n) is 8.82. The lowest BCUT2D eigenvalue weighted by Crippen LogP contribution is -2.33. The number of ether oxygens (including phenoxy) is 1. The Hall–Kier alpha value is -3.20. The van der Waals surface area contributed by atoms with Crippen molar-refractivity contribution in [2.45, 2.75) is 52.2 Å². The van der Waals surface area contributed by atoms with Crippen LogP contribution in [-0.4, -0.2) is 52.7 Å². The number of hydrogen-bond donors (Lipinski definition) is 2. The lowest BCUT2D eigenvalue weighted by Gasteiger charge is -2.28. The molecule has 0 bridgehead atoms. The summed E-state index contributed by atoms with van der Waals surface area (Å²) in [5, 5.41) is 10.3. The van der Waals surface area contributed by atoms with E-state index in [1.165, 1.54) is 26.9 Å². The standard InChI is InChI=1S/C24H31N5O4/c1-16(30)26-19-7-5-17(6-8-19)13-28-12-10-21-20(15-28)23(27-29(21)14-18-3-4-18)24(32)25-11-9-22(31)33-2/h5-8,18H,3-4,9-15H2,1-2H3,(H,25,32)(H,26,30). The van der Waals surface area contributed by atoms with E-state index in [4.69, 9.17) is 5.10 Å². The number of methoxy groups -OCH3 is 1. The molecule has 1 saturated carbocycles. The summed E-state index contributed by atoms with van der Waals surface area (Å²) in [6.45, 7) is 4.86. The Morgan fingerprint density at radius 3 is 2.61 bits per heavy atom. The van der Waals surface area contributed by atoms with E-state index in [1.807, 2.05) is 28.9 Å². The van der Waals surface area contributed by atoms with Crippen LogP contribution in [0.3, 0.4) is 0 Å². The van der Waals surface area contributed by atoms with Crippen LogP contribution in [0.5, 0.6) is 0 Å². The lowest BCUT2D eigenvalue weighted by molar-refractivity contribution is -0.140. The van der Waals surface area contributed by atoms with Crippen LogP contribution in [0.2, 0.25) is 0 Å². The molecule has 176 valence electrons. The van der Waals surface area contributed by atoms with Gasteiger partial charge in [0.2, 0.25) is 5.91 Å². The molecule has 1 aliphatic carbocycles. The van der Waals surface area contributed by atoms with Gasteiger partial charge in [-0.05, 0) is 36.5 Å². The lowest BCUT2D eigenvalue weighted by atomic mass is 10.0. The first-order chi connectivity index (χ1) is 15.9. The van der Waals surface area contributed by atoms with Gasteiger partial charge in [-0.2, -0.15) is 5.10 Å². The molecule has 2 aromatic rings. The minimum atomic E-state index is -0.354. The quantitative estimate of drug-likeness (QED) is 0.564. The summed E-state index contributed by atoms with van der Waals surface area (Å²) in [6, 6.07) is 7.83. The van der Waals surface area contributed by atoms with Crippen molar-refractivity contribution in [1.82, 2.24) is 20.0 Å². The fourth-order valence-electron chi connectivity index (χ4n) is 4.18. The highest BCUT2D eigenvalue weighted by atomic mass is 16.5. The summed E-state index contributed by atoms with van der Waals surface area (Å²) in [7, 11) is 1.34. The SMILES string of the molecule is COC(=O)CCNC(=O)c1nn(CC2CC2)c2c1CN(Cc1ccc(NC(C)=O)cc1)CC2. The Labute approximate surface area is 193 Å². The molecule has 4 rings (SSSR count). The van der Waals surface area contributed by atoms with Crippen LogP contribution in [0.1, 0.15) is 53.5 Å². The average Bonchev–Trinajstić information content (AvgIpc) is 3.54. The van der Waals surface area contributed by atoms with E-state index in [-0.39, 0.29) is 30.7 Å². The molecule has 2 N–H and O–H groups in total. The molecule has 0 atom stereocenters. The van der Waals surface area contributed by atoms with Crippen molar-refractivity contribution in [3.8, 4) is 0 Å². The molecule has 2 aliphatic rings. The maximum absolute atomic E-state index is 12.9. The van der Waals surface area contributed by atoms with Crippen molar-refractivity contribution in [2.75, 3.05) is 25.5 Å². The summed E-state index contributed by atoms with van der Waals surface area (Å²) in [6.07, 6.45) is 3.41. The minimum Gasteiger partial charge on any atom is -0.469 e. The minimum absolute atomic E-state index is 0.0908. The maximum atomic E-state index is 12.9. The smallest absolute Gasteiger partial charge is 0.307 e. The van der Waals surface area contributed by atoms with Crippen molar-refractivity contribution < 1.29 is 19.1 Å². The molecule has 1 aromatic carbocycles. The van der Waals surface area contributed by atoms with Crippen molar-refractivity contribution in [3.05, 3.63) is 46.8 Å². The molecule has 0 radical (unpaired) electrons. The van der Waals surface area contributed by atoms with Crippen LogP contribution in [0.25, 0.3) is 0 Å². The Balaban J connectivity index is 1.46. The molecule has 1 aliphatic heterocycles. The number of nitrogens with zero attached hydrogens (tertiary/aromatic N) is 3. The van der Waals surface area contributed by atoms with E-state index < -0.39 is 0 Å². The zero-order chi connectivity index (χ0) is 23.4. The van der Waals surface area contributed by atoms with E-state index in [0.29, 0.717) is 18.2 Å². The fraction of sp³-hybridized carbons (Fsp3) is 0.500. The summed E-state index contributed by atoms with van der Waals surface area (Å²) in [5.74, 6) is -0.0326. The second kappa shape index (κ2) is 10.2. The number of nitrogens with one attached hydrogen (secondary N) is 2.